The summed E-state index contributed by atoms with van der Waals surface area (Å²) in [6.45, 7) is 2.28. The lowest BCUT2D eigenvalue weighted by atomic mass is 10.1. The maximum absolute atomic E-state index is 12.7. The number of carbonyl (C=O) groups is 1. The second-order valence-electron chi connectivity index (χ2n) is 6.18. The van der Waals surface area contributed by atoms with E-state index in [-0.39, 0.29) is 12.0 Å². The molecule has 1 amide bonds. The Hall–Kier alpha value is -1.75. The highest BCUT2D eigenvalue weighted by Gasteiger charge is 2.25. The Morgan fingerprint density at radius 1 is 1.08 bits per heavy atom. The summed E-state index contributed by atoms with van der Waals surface area (Å²) in [7, 11) is 0. The third-order valence-corrected chi connectivity index (χ3v) is 5.02. The van der Waals surface area contributed by atoms with E-state index in [4.69, 9.17) is 32.7 Å². The molecule has 1 atom stereocenters. The Morgan fingerprint density at radius 3 is 2.65 bits per heavy atom. The van der Waals surface area contributed by atoms with Gasteiger partial charge in [-0.3, -0.25) is 4.79 Å². The normalized spacial score (nSPS) is 17.2. The van der Waals surface area contributed by atoms with Crippen LogP contribution in [0.25, 0.3) is 0 Å². The number of hydrogen-bond donors (Lipinski definition) is 0. The van der Waals surface area contributed by atoms with Crippen LogP contribution in [0.1, 0.15) is 23.2 Å². The number of nitrogens with zero attached hydrogens (tertiary/aromatic N) is 1. The highest BCUT2D eigenvalue weighted by Crippen LogP contribution is 2.24. The first-order valence-corrected chi connectivity index (χ1v) is 9.43. The molecule has 0 spiro atoms. The van der Waals surface area contributed by atoms with E-state index in [9.17, 15) is 4.79 Å². The van der Waals surface area contributed by atoms with Gasteiger partial charge in [0.1, 0.15) is 12.4 Å². The number of amides is 1. The average Bonchev–Trinajstić information content (AvgIpc) is 2.68. The van der Waals surface area contributed by atoms with Gasteiger partial charge in [-0.1, -0.05) is 41.4 Å². The molecule has 1 heterocycles. The van der Waals surface area contributed by atoms with E-state index < -0.39 is 0 Å². The van der Waals surface area contributed by atoms with Crippen LogP contribution in [0.3, 0.4) is 0 Å². The van der Waals surface area contributed by atoms with Gasteiger partial charge in [0.2, 0.25) is 0 Å². The van der Waals surface area contributed by atoms with Gasteiger partial charge in [0, 0.05) is 18.7 Å². The van der Waals surface area contributed by atoms with E-state index in [0.717, 1.165) is 25.1 Å². The molecule has 1 fully saturated rings. The Labute approximate surface area is 163 Å². The molecule has 0 radical (unpaired) electrons. The first-order chi connectivity index (χ1) is 12.6. The molecule has 1 saturated heterocycles. The second kappa shape index (κ2) is 9.26. The minimum atomic E-state index is -0.0441. The predicted molar refractivity (Wildman–Crippen MR) is 103 cm³/mol. The number of halogens is 2. The molecule has 1 aliphatic heterocycles. The van der Waals surface area contributed by atoms with Crippen molar-refractivity contribution in [2.24, 2.45) is 0 Å². The standard InChI is InChI=1S/C20H21Cl2NO3/c21-18-9-8-15(13-19(18)22)20(24)23-10-4-7-17(14-23)26-12-11-25-16-5-2-1-3-6-16/h1-3,5-6,8-9,13,17H,4,7,10-12,14H2. The minimum Gasteiger partial charge on any atom is -0.491 e. The maximum atomic E-state index is 12.7. The van der Waals surface area contributed by atoms with Crippen molar-refractivity contribution >= 4 is 29.1 Å². The third kappa shape index (κ3) is 5.13. The smallest absolute Gasteiger partial charge is 0.253 e. The van der Waals surface area contributed by atoms with Crippen LogP contribution >= 0.6 is 23.2 Å². The summed E-state index contributed by atoms with van der Waals surface area (Å²) < 4.78 is 11.5. The predicted octanol–water partition coefficient (Wildman–Crippen LogP) is 4.69. The van der Waals surface area contributed by atoms with E-state index >= 15 is 0 Å². The van der Waals surface area contributed by atoms with Crippen molar-refractivity contribution in [3.63, 3.8) is 0 Å². The lowest BCUT2D eigenvalue weighted by Crippen LogP contribution is -2.43. The van der Waals surface area contributed by atoms with Crippen molar-refractivity contribution in [3.05, 3.63) is 64.1 Å². The molecule has 0 bridgehead atoms. The molecule has 0 aliphatic carbocycles. The van der Waals surface area contributed by atoms with E-state index in [1.54, 1.807) is 18.2 Å². The molecule has 4 nitrogen and oxygen atoms in total. The SMILES string of the molecule is O=C(c1ccc(Cl)c(Cl)c1)N1CCCC(OCCOc2ccccc2)C1. The Morgan fingerprint density at radius 2 is 1.88 bits per heavy atom. The number of carbonyl (C=O) groups excluding carboxylic acids is 1. The molecule has 2 aromatic carbocycles. The van der Waals surface area contributed by atoms with Crippen LogP contribution < -0.4 is 4.74 Å². The van der Waals surface area contributed by atoms with Crippen molar-refractivity contribution in [2.75, 3.05) is 26.3 Å². The zero-order chi connectivity index (χ0) is 18.4. The van der Waals surface area contributed by atoms with Gasteiger partial charge < -0.3 is 14.4 Å². The lowest BCUT2D eigenvalue weighted by Gasteiger charge is -2.32. The Balaban J connectivity index is 1.47. The van der Waals surface area contributed by atoms with Crippen molar-refractivity contribution in [1.82, 2.24) is 4.90 Å². The van der Waals surface area contributed by atoms with Gasteiger partial charge in [0.05, 0.1) is 22.8 Å². The number of para-hydroxylation sites is 1. The van der Waals surface area contributed by atoms with Crippen LogP contribution in [0.5, 0.6) is 5.75 Å². The fourth-order valence-electron chi connectivity index (χ4n) is 2.96. The number of benzene rings is 2. The van der Waals surface area contributed by atoms with Crippen LogP contribution in [0, 0.1) is 0 Å². The molecule has 0 N–H and O–H groups in total. The van der Waals surface area contributed by atoms with E-state index in [1.165, 1.54) is 0 Å². The molecule has 6 heteroatoms. The highest BCUT2D eigenvalue weighted by molar-refractivity contribution is 6.42. The van der Waals surface area contributed by atoms with Crippen LogP contribution in [-0.2, 0) is 4.74 Å². The second-order valence-corrected chi connectivity index (χ2v) is 6.99. The van der Waals surface area contributed by atoms with E-state index in [1.807, 2.05) is 35.2 Å². The van der Waals surface area contributed by atoms with Crippen molar-refractivity contribution in [1.29, 1.82) is 0 Å². The Bertz CT molecular complexity index is 739. The molecular weight excluding hydrogens is 373 g/mol. The summed E-state index contributed by atoms with van der Waals surface area (Å²) in [4.78, 5) is 14.5. The van der Waals surface area contributed by atoms with Crippen LogP contribution in [-0.4, -0.2) is 43.2 Å². The summed E-state index contributed by atoms with van der Waals surface area (Å²) in [5.74, 6) is 0.786. The summed E-state index contributed by atoms with van der Waals surface area (Å²) >= 11 is 11.9. The third-order valence-electron chi connectivity index (χ3n) is 4.28. The van der Waals surface area contributed by atoms with Crippen LogP contribution in [0.2, 0.25) is 10.0 Å². The van der Waals surface area contributed by atoms with E-state index in [0.29, 0.717) is 35.4 Å². The van der Waals surface area contributed by atoms with Gasteiger partial charge in [-0.25, -0.2) is 0 Å². The highest BCUT2D eigenvalue weighted by atomic mass is 35.5. The number of hydrogen-bond acceptors (Lipinski definition) is 3. The summed E-state index contributed by atoms with van der Waals surface area (Å²) in [5.41, 5.74) is 0.549. The molecule has 0 aromatic heterocycles. The first-order valence-electron chi connectivity index (χ1n) is 8.67. The van der Waals surface area contributed by atoms with E-state index in [2.05, 4.69) is 0 Å². The quantitative estimate of drug-likeness (QED) is 0.667. The molecule has 1 aliphatic rings. The average molecular weight is 394 g/mol. The monoisotopic (exact) mass is 393 g/mol. The van der Waals surface area contributed by atoms with Gasteiger partial charge in [-0.2, -0.15) is 0 Å². The summed E-state index contributed by atoms with van der Waals surface area (Å²) in [5, 5.41) is 0.835. The van der Waals surface area contributed by atoms with Gasteiger partial charge in [-0.15, -0.1) is 0 Å². The fraction of sp³-hybridized carbons (Fsp3) is 0.350. The Kier molecular flexibility index (Phi) is 6.78. The summed E-state index contributed by atoms with van der Waals surface area (Å²) in [6.07, 6.45) is 1.88. The maximum Gasteiger partial charge on any atom is 0.253 e. The van der Waals surface area contributed by atoms with Crippen molar-refractivity contribution < 1.29 is 14.3 Å². The molecule has 0 saturated carbocycles. The van der Waals surface area contributed by atoms with Gasteiger partial charge in [0.25, 0.3) is 5.91 Å². The van der Waals surface area contributed by atoms with Crippen molar-refractivity contribution in [3.8, 4) is 5.75 Å². The molecule has 1 unspecified atom stereocenters. The van der Waals surface area contributed by atoms with Crippen LogP contribution in [0.4, 0.5) is 0 Å². The van der Waals surface area contributed by atoms with Crippen LogP contribution in [0.15, 0.2) is 48.5 Å². The molecule has 26 heavy (non-hydrogen) atoms. The van der Waals surface area contributed by atoms with Crippen molar-refractivity contribution in [2.45, 2.75) is 18.9 Å². The molecule has 2 aromatic rings. The molecule has 138 valence electrons. The lowest BCUT2D eigenvalue weighted by molar-refractivity contribution is -0.00817. The fourth-order valence-corrected chi connectivity index (χ4v) is 3.26. The number of ether oxygens (including phenoxy) is 2. The van der Waals surface area contributed by atoms with Gasteiger partial charge in [0.15, 0.2) is 0 Å². The zero-order valence-electron chi connectivity index (χ0n) is 14.4. The minimum absolute atomic E-state index is 0.0230. The van der Waals surface area contributed by atoms with Gasteiger partial charge in [-0.05, 0) is 43.2 Å². The number of rotatable bonds is 6. The molecule has 3 rings (SSSR count). The number of piperidine rings is 1. The summed E-state index contributed by atoms with van der Waals surface area (Å²) in [6, 6.07) is 14.6. The largest absolute Gasteiger partial charge is 0.491 e. The topological polar surface area (TPSA) is 38.8 Å². The zero-order valence-corrected chi connectivity index (χ0v) is 15.9. The van der Waals surface area contributed by atoms with Gasteiger partial charge >= 0.3 is 0 Å². The molecular formula is C20H21Cl2NO3. The first kappa shape index (κ1) is 19.0. The number of likely N-dealkylation sites (tertiary alicyclic amines) is 1.